The molecule has 1 heterocycles. The maximum atomic E-state index is 11.2. The van der Waals surface area contributed by atoms with Crippen molar-refractivity contribution in [1.29, 1.82) is 0 Å². The van der Waals surface area contributed by atoms with Gasteiger partial charge < -0.3 is 10.3 Å². The zero-order chi connectivity index (χ0) is 8.55. The number of nitrogens with one attached hydrogen (secondary N) is 1. The Kier molecular flexibility index (Phi) is 1.77. The fourth-order valence-electron chi connectivity index (χ4n) is 1.70. The molecule has 3 N–H and O–H groups in total. The van der Waals surface area contributed by atoms with Gasteiger partial charge in [-0.2, -0.15) is 5.16 Å². The molecule has 1 aromatic heterocycles. The quantitative estimate of drug-likeness (QED) is 0.560. The first-order valence-corrected chi connectivity index (χ1v) is 4.25. The lowest BCUT2D eigenvalue weighted by Gasteiger charge is -2.03. The Labute approximate surface area is 69.7 Å². The third-order valence-corrected chi connectivity index (χ3v) is 2.35. The van der Waals surface area contributed by atoms with Gasteiger partial charge in [-0.05, 0) is 12.8 Å². The summed E-state index contributed by atoms with van der Waals surface area (Å²) in [6, 6.07) is -0.134. The summed E-state index contributed by atoms with van der Waals surface area (Å²) >= 11 is 0. The third-order valence-electron chi connectivity index (χ3n) is 2.35. The van der Waals surface area contributed by atoms with Crippen molar-refractivity contribution in [1.82, 2.24) is 5.16 Å². The van der Waals surface area contributed by atoms with E-state index in [1.54, 1.807) is 0 Å². The Balaban J connectivity index is 2.49. The van der Waals surface area contributed by atoms with Gasteiger partial charge in [0.15, 0.2) is 0 Å². The number of rotatable bonds is 0. The highest BCUT2D eigenvalue weighted by atomic mass is 16.5. The minimum absolute atomic E-state index is 0.134. The highest BCUT2D eigenvalue weighted by Crippen LogP contribution is 2.23. The number of aromatic nitrogens is 1. The number of hydrogen-bond acceptors (Lipinski definition) is 3. The van der Waals surface area contributed by atoms with Crippen molar-refractivity contribution in [2.75, 3.05) is 0 Å². The zero-order valence-corrected chi connectivity index (χ0v) is 6.80. The minimum Gasteiger partial charge on any atom is -0.383 e. The normalized spacial score (nSPS) is 23.2. The molecule has 0 spiro atoms. The molecular weight excluding hydrogens is 156 g/mol. The summed E-state index contributed by atoms with van der Waals surface area (Å²) in [5, 5.41) is 2.33. The molecule has 4 heteroatoms. The number of aryl methyl sites for hydroxylation is 1. The van der Waals surface area contributed by atoms with Crippen molar-refractivity contribution in [3.05, 3.63) is 21.7 Å². The first-order chi connectivity index (χ1) is 5.79. The van der Waals surface area contributed by atoms with Gasteiger partial charge >= 0.3 is 0 Å². The summed E-state index contributed by atoms with van der Waals surface area (Å²) in [4.78, 5) is 11.2. The van der Waals surface area contributed by atoms with Crippen molar-refractivity contribution in [2.45, 2.75) is 31.7 Å². The van der Waals surface area contributed by atoms with Gasteiger partial charge in [0.2, 0.25) is 0 Å². The summed E-state index contributed by atoms with van der Waals surface area (Å²) in [6.07, 6.45) is 3.85. The van der Waals surface area contributed by atoms with E-state index in [-0.39, 0.29) is 11.6 Å². The molecule has 66 valence electrons. The number of H-pyrrole nitrogens is 1. The lowest BCUT2D eigenvalue weighted by atomic mass is 10.1. The Hall–Kier alpha value is -1.03. The van der Waals surface area contributed by atoms with Gasteiger partial charge in [0, 0.05) is 12.5 Å². The highest BCUT2D eigenvalue weighted by molar-refractivity contribution is 5.19. The van der Waals surface area contributed by atoms with Gasteiger partial charge in [-0.15, -0.1) is 0 Å². The van der Waals surface area contributed by atoms with Crippen molar-refractivity contribution in [3.63, 3.8) is 0 Å². The van der Waals surface area contributed by atoms with Gasteiger partial charge in [-0.3, -0.25) is 4.79 Å². The molecule has 0 fully saturated rings. The summed E-state index contributed by atoms with van der Waals surface area (Å²) in [5.74, 6) is 0.755. The zero-order valence-electron chi connectivity index (χ0n) is 6.80. The second-order valence-corrected chi connectivity index (χ2v) is 3.22. The van der Waals surface area contributed by atoms with Crippen molar-refractivity contribution in [2.24, 2.45) is 5.73 Å². The van der Waals surface area contributed by atoms with Crippen LogP contribution in [-0.4, -0.2) is 5.16 Å². The second-order valence-electron chi connectivity index (χ2n) is 3.22. The van der Waals surface area contributed by atoms with Gasteiger partial charge in [0.1, 0.15) is 5.76 Å². The third kappa shape index (κ3) is 1.08. The Morgan fingerprint density at radius 1 is 1.50 bits per heavy atom. The summed E-state index contributed by atoms with van der Waals surface area (Å²) < 4.78 is 5.02. The topological polar surface area (TPSA) is 72.0 Å². The molecule has 1 aliphatic carbocycles. The lowest BCUT2D eigenvalue weighted by Crippen LogP contribution is -2.18. The first-order valence-electron chi connectivity index (χ1n) is 4.25. The maximum absolute atomic E-state index is 11.2. The van der Waals surface area contributed by atoms with Crippen LogP contribution in [0.2, 0.25) is 0 Å². The minimum atomic E-state index is -0.153. The van der Waals surface area contributed by atoms with E-state index in [0.717, 1.165) is 31.4 Å². The van der Waals surface area contributed by atoms with Crippen LogP contribution in [0.1, 0.15) is 36.6 Å². The van der Waals surface area contributed by atoms with E-state index in [1.807, 2.05) is 0 Å². The van der Waals surface area contributed by atoms with Crippen LogP contribution in [0.4, 0.5) is 0 Å². The first kappa shape index (κ1) is 7.61. The molecule has 0 amide bonds. The SMILES string of the molecule is NC1CCCCc2o[nH]c(=O)c21. The Morgan fingerprint density at radius 3 is 3.17 bits per heavy atom. The molecule has 1 atom stereocenters. The van der Waals surface area contributed by atoms with Crippen LogP contribution in [0.25, 0.3) is 0 Å². The van der Waals surface area contributed by atoms with Crippen LogP contribution in [0, 0.1) is 0 Å². The van der Waals surface area contributed by atoms with Gasteiger partial charge in [0.05, 0.1) is 5.56 Å². The molecule has 12 heavy (non-hydrogen) atoms. The maximum Gasteiger partial charge on any atom is 0.284 e. The molecule has 1 aromatic rings. The number of nitrogens with two attached hydrogens (primary N) is 1. The van der Waals surface area contributed by atoms with Gasteiger partial charge in [-0.1, -0.05) is 6.42 Å². The fourth-order valence-corrected chi connectivity index (χ4v) is 1.70. The molecule has 0 bridgehead atoms. The van der Waals surface area contributed by atoms with Crippen molar-refractivity contribution in [3.8, 4) is 0 Å². The second kappa shape index (κ2) is 2.79. The Bertz CT molecular complexity index is 326. The average molecular weight is 168 g/mol. The molecule has 4 nitrogen and oxygen atoms in total. The van der Waals surface area contributed by atoms with E-state index < -0.39 is 0 Å². The fraction of sp³-hybridized carbons (Fsp3) is 0.625. The van der Waals surface area contributed by atoms with Crippen molar-refractivity contribution >= 4 is 0 Å². The van der Waals surface area contributed by atoms with Crippen LogP contribution in [0.3, 0.4) is 0 Å². The molecule has 1 aliphatic rings. The average Bonchev–Trinajstić information content (AvgIpc) is 2.29. The van der Waals surface area contributed by atoms with Crippen LogP contribution < -0.4 is 11.3 Å². The standard InChI is InChI=1S/C8H12N2O2/c9-5-3-1-2-4-6-7(5)8(11)10-12-6/h5H,1-4,9H2,(H,10,11). The molecule has 2 rings (SSSR count). The Morgan fingerprint density at radius 2 is 2.33 bits per heavy atom. The number of hydrogen-bond donors (Lipinski definition) is 2. The molecule has 0 radical (unpaired) electrons. The van der Waals surface area contributed by atoms with Gasteiger partial charge in [-0.25, -0.2) is 0 Å². The number of fused-ring (bicyclic) bond motifs is 1. The molecule has 0 aromatic carbocycles. The smallest absolute Gasteiger partial charge is 0.284 e. The molecular formula is C8H12N2O2. The summed E-state index contributed by atoms with van der Waals surface area (Å²) in [6.45, 7) is 0. The molecule has 0 aliphatic heterocycles. The highest BCUT2D eigenvalue weighted by Gasteiger charge is 2.21. The predicted molar refractivity (Wildman–Crippen MR) is 43.8 cm³/mol. The molecule has 0 saturated carbocycles. The lowest BCUT2D eigenvalue weighted by molar-refractivity contribution is 0.376. The van der Waals surface area contributed by atoms with Crippen LogP contribution in [0.5, 0.6) is 0 Å². The van der Waals surface area contributed by atoms with E-state index in [2.05, 4.69) is 5.16 Å². The van der Waals surface area contributed by atoms with E-state index in [9.17, 15) is 4.79 Å². The van der Waals surface area contributed by atoms with Crippen LogP contribution in [0.15, 0.2) is 9.32 Å². The van der Waals surface area contributed by atoms with E-state index in [0.29, 0.717) is 5.56 Å². The van der Waals surface area contributed by atoms with Crippen LogP contribution >= 0.6 is 0 Å². The van der Waals surface area contributed by atoms with E-state index >= 15 is 0 Å². The number of aromatic amines is 1. The predicted octanol–water partition coefficient (Wildman–Crippen LogP) is 0.694. The van der Waals surface area contributed by atoms with E-state index in [1.165, 1.54) is 0 Å². The van der Waals surface area contributed by atoms with Crippen molar-refractivity contribution < 1.29 is 4.52 Å². The summed E-state index contributed by atoms with van der Waals surface area (Å²) in [5.41, 5.74) is 6.32. The van der Waals surface area contributed by atoms with E-state index in [4.69, 9.17) is 10.3 Å². The molecule has 1 unspecified atom stereocenters. The summed E-state index contributed by atoms with van der Waals surface area (Å²) in [7, 11) is 0. The largest absolute Gasteiger partial charge is 0.383 e. The molecule has 0 saturated heterocycles. The van der Waals surface area contributed by atoms with Gasteiger partial charge in [0.25, 0.3) is 5.56 Å². The van der Waals surface area contributed by atoms with Crippen LogP contribution in [-0.2, 0) is 6.42 Å². The monoisotopic (exact) mass is 168 g/mol.